The molecule has 0 N–H and O–H groups in total. The Kier molecular flexibility index (Phi) is 5.27. The fraction of sp³-hybridized carbons (Fsp3) is 0.429. The number of rotatable bonds is 4. The van der Waals surface area contributed by atoms with Crippen LogP contribution in [-0.2, 0) is 9.59 Å². The molecule has 4 nitrogen and oxygen atoms in total. The summed E-state index contributed by atoms with van der Waals surface area (Å²) in [5, 5.41) is 0.0353. The third-order valence-corrected chi connectivity index (χ3v) is 4.89. The lowest BCUT2D eigenvalue weighted by atomic mass is 10.1. The minimum Gasteiger partial charge on any atom is -0.495 e. The lowest BCUT2D eigenvalue weighted by Crippen LogP contribution is -2.25. The zero-order valence-electron chi connectivity index (χ0n) is 11.7. The SMILES string of the molecule is COc1cc(Br)c(F)cc1N1CC(CSC(C)=O)CC1=O. The first kappa shape index (κ1) is 16.3. The lowest BCUT2D eigenvalue weighted by molar-refractivity contribution is -0.117. The number of benzene rings is 1. The van der Waals surface area contributed by atoms with Crippen LogP contribution in [0.15, 0.2) is 16.6 Å². The molecule has 1 amide bonds. The molecule has 0 aliphatic carbocycles. The van der Waals surface area contributed by atoms with E-state index in [4.69, 9.17) is 4.74 Å². The van der Waals surface area contributed by atoms with Gasteiger partial charge in [-0.05, 0) is 27.9 Å². The number of amides is 1. The first-order chi connectivity index (χ1) is 9.92. The maximum Gasteiger partial charge on any atom is 0.227 e. The Morgan fingerprint density at radius 2 is 2.29 bits per heavy atom. The van der Waals surface area contributed by atoms with Gasteiger partial charge in [-0.1, -0.05) is 11.8 Å². The predicted molar refractivity (Wildman–Crippen MR) is 84.3 cm³/mol. The van der Waals surface area contributed by atoms with Gasteiger partial charge in [0.2, 0.25) is 5.91 Å². The van der Waals surface area contributed by atoms with Crippen LogP contribution in [0.3, 0.4) is 0 Å². The number of methoxy groups -OCH3 is 1. The molecule has 21 heavy (non-hydrogen) atoms. The van der Waals surface area contributed by atoms with Crippen molar-refractivity contribution in [1.29, 1.82) is 0 Å². The van der Waals surface area contributed by atoms with Gasteiger partial charge < -0.3 is 9.64 Å². The Morgan fingerprint density at radius 3 is 2.90 bits per heavy atom. The first-order valence-electron chi connectivity index (χ1n) is 6.39. The summed E-state index contributed by atoms with van der Waals surface area (Å²) in [6.07, 6.45) is 0.362. The van der Waals surface area contributed by atoms with E-state index in [-0.39, 0.29) is 16.9 Å². The van der Waals surface area contributed by atoms with Gasteiger partial charge in [0.25, 0.3) is 0 Å². The van der Waals surface area contributed by atoms with Crippen molar-refractivity contribution in [2.24, 2.45) is 5.92 Å². The van der Waals surface area contributed by atoms with E-state index < -0.39 is 5.82 Å². The summed E-state index contributed by atoms with van der Waals surface area (Å²) in [6, 6.07) is 2.80. The lowest BCUT2D eigenvalue weighted by Gasteiger charge is -2.20. The molecule has 1 saturated heterocycles. The molecule has 1 fully saturated rings. The van der Waals surface area contributed by atoms with Crippen LogP contribution in [0.1, 0.15) is 13.3 Å². The van der Waals surface area contributed by atoms with Crippen molar-refractivity contribution in [3.63, 3.8) is 0 Å². The van der Waals surface area contributed by atoms with Gasteiger partial charge in [0.15, 0.2) is 5.12 Å². The Bertz CT molecular complexity index is 582. The summed E-state index contributed by atoms with van der Waals surface area (Å²) in [7, 11) is 1.48. The monoisotopic (exact) mass is 375 g/mol. The Balaban J connectivity index is 2.20. The van der Waals surface area contributed by atoms with E-state index in [0.29, 0.717) is 34.6 Å². The van der Waals surface area contributed by atoms with Crippen molar-refractivity contribution in [2.75, 3.05) is 24.3 Å². The van der Waals surface area contributed by atoms with E-state index in [0.717, 1.165) is 0 Å². The van der Waals surface area contributed by atoms with Gasteiger partial charge in [0.1, 0.15) is 11.6 Å². The molecule has 7 heteroatoms. The van der Waals surface area contributed by atoms with Gasteiger partial charge in [-0.25, -0.2) is 4.39 Å². The summed E-state index contributed by atoms with van der Waals surface area (Å²) < 4.78 is 19.3. The number of hydrogen-bond acceptors (Lipinski definition) is 4. The van der Waals surface area contributed by atoms with E-state index in [2.05, 4.69) is 15.9 Å². The molecule has 1 heterocycles. The highest BCUT2D eigenvalue weighted by molar-refractivity contribution is 9.10. The van der Waals surface area contributed by atoms with Gasteiger partial charge in [0.05, 0.1) is 17.3 Å². The second kappa shape index (κ2) is 6.79. The molecular formula is C14H15BrFNO3S. The number of ether oxygens (including phenoxy) is 1. The second-order valence-corrected chi connectivity index (χ2v) is 6.87. The Morgan fingerprint density at radius 1 is 1.57 bits per heavy atom. The largest absolute Gasteiger partial charge is 0.495 e. The highest BCUT2D eigenvalue weighted by Crippen LogP contribution is 2.37. The third kappa shape index (κ3) is 3.77. The molecule has 0 aromatic heterocycles. The van der Waals surface area contributed by atoms with E-state index >= 15 is 0 Å². The van der Waals surface area contributed by atoms with Crippen LogP contribution in [0.25, 0.3) is 0 Å². The van der Waals surface area contributed by atoms with Gasteiger partial charge >= 0.3 is 0 Å². The van der Waals surface area contributed by atoms with Gasteiger partial charge in [-0.2, -0.15) is 0 Å². The van der Waals surface area contributed by atoms with Crippen molar-refractivity contribution >= 4 is 44.4 Å². The number of nitrogens with zero attached hydrogens (tertiary/aromatic N) is 1. The summed E-state index contributed by atoms with van der Waals surface area (Å²) in [4.78, 5) is 24.7. The highest BCUT2D eigenvalue weighted by Gasteiger charge is 2.32. The maximum atomic E-state index is 13.7. The molecule has 1 aromatic rings. The molecule has 0 bridgehead atoms. The number of halogens is 2. The molecule has 0 saturated carbocycles. The van der Waals surface area contributed by atoms with E-state index in [9.17, 15) is 14.0 Å². The van der Waals surface area contributed by atoms with E-state index in [1.54, 1.807) is 0 Å². The fourth-order valence-electron chi connectivity index (χ4n) is 2.25. The minimum atomic E-state index is -0.444. The molecule has 1 atom stereocenters. The summed E-state index contributed by atoms with van der Waals surface area (Å²) in [6.45, 7) is 1.98. The zero-order chi connectivity index (χ0) is 15.6. The minimum absolute atomic E-state index is 0.0353. The molecule has 1 aromatic carbocycles. The first-order valence-corrected chi connectivity index (χ1v) is 8.17. The number of carbonyl (C=O) groups is 2. The number of anilines is 1. The molecule has 1 aliphatic rings. The number of thioether (sulfide) groups is 1. The maximum absolute atomic E-state index is 13.7. The van der Waals surface area contributed by atoms with Crippen LogP contribution >= 0.6 is 27.7 Å². The van der Waals surface area contributed by atoms with E-state index in [1.165, 1.54) is 42.8 Å². The second-order valence-electron chi connectivity index (χ2n) is 4.82. The summed E-state index contributed by atoms with van der Waals surface area (Å²) in [5.41, 5.74) is 0.429. The smallest absolute Gasteiger partial charge is 0.227 e. The quantitative estimate of drug-likeness (QED) is 0.810. The topological polar surface area (TPSA) is 46.6 Å². The Labute approximate surface area is 135 Å². The van der Waals surface area contributed by atoms with Crippen LogP contribution < -0.4 is 9.64 Å². The summed E-state index contributed by atoms with van der Waals surface area (Å²) in [5.74, 6) is 0.600. The fourth-order valence-corrected chi connectivity index (χ4v) is 3.27. The highest BCUT2D eigenvalue weighted by atomic mass is 79.9. The van der Waals surface area contributed by atoms with Crippen molar-refractivity contribution in [1.82, 2.24) is 0 Å². The summed E-state index contributed by atoms with van der Waals surface area (Å²) >= 11 is 4.31. The zero-order valence-corrected chi connectivity index (χ0v) is 14.1. The van der Waals surface area contributed by atoms with Gasteiger partial charge in [-0.15, -0.1) is 0 Å². The van der Waals surface area contributed by atoms with Crippen molar-refractivity contribution in [3.8, 4) is 5.75 Å². The molecule has 1 aliphatic heterocycles. The van der Waals surface area contributed by atoms with Crippen LogP contribution in [0, 0.1) is 11.7 Å². The molecule has 0 radical (unpaired) electrons. The molecule has 2 rings (SSSR count). The van der Waals surface area contributed by atoms with Crippen LogP contribution in [-0.4, -0.2) is 30.4 Å². The van der Waals surface area contributed by atoms with Crippen molar-refractivity contribution in [3.05, 3.63) is 22.4 Å². The Hall–Kier alpha value is -1.08. The molecule has 1 unspecified atom stereocenters. The molecule has 114 valence electrons. The number of carbonyl (C=O) groups excluding carboxylic acids is 2. The standard InChI is InChI=1S/C14H15BrFNO3S/c1-8(18)21-7-9-3-14(19)17(6-9)12-5-11(16)10(15)4-13(12)20-2/h4-5,9H,3,6-7H2,1-2H3. The molecular weight excluding hydrogens is 361 g/mol. The predicted octanol–water partition coefficient (Wildman–Crippen LogP) is 3.23. The number of hydrogen-bond donors (Lipinski definition) is 0. The molecule has 0 spiro atoms. The van der Waals surface area contributed by atoms with Crippen LogP contribution in [0.2, 0.25) is 0 Å². The normalized spacial score (nSPS) is 18.2. The van der Waals surface area contributed by atoms with Crippen LogP contribution in [0.4, 0.5) is 10.1 Å². The third-order valence-electron chi connectivity index (χ3n) is 3.24. The van der Waals surface area contributed by atoms with Crippen molar-refractivity contribution < 1.29 is 18.7 Å². The average molecular weight is 376 g/mol. The average Bonchev–Trinajstić information content (AvgIpc) is 2.80. The van der Waals surface area contributed by atoms with Gasteiger partial charge in [0, 0.05) is 31.7 Å². The van der Waals surface area contributed by atoms with E-state index in [1.807, 2.05) is 0 Å². The van der Waals surface area contributed by atoms with Crippen LogP contribution in [0.5, 0.6) is 5.75 Å². The van der Waals surface area contributed by atoms with Crippen molar-refractivity contribution in [2.45, 2.75) is 13.3 Å². The van der Waals surface area contributed by atoms with Gasteiger partial charge in [-0.3, -0.25) is 9.59 Å².